The highest BCUT2D eigenvalue weighted by atomic mass is 16.3. The number of aliphatic hydroxyl groups excluding tert-OH is 1. The zero-order chi connectivity index (χ0) is 13.5. The van der Waals surface area contributed by atoms with Gasteiger partial charge in [0, 0.05) is 18.9 Å². The zero-order valence-electron chi connectivity index (χ0n) is 11.2. The van der Waals surface area contributed by atoms with Crippen LogP contribution in [-0.4, -0.2) is 22.7 Å². The molecule has 2 unspecified atom stereocenters. The van der Waals surface area contributed by atoms with Crippen LogP contribution in [0.5, 0.6) is 0 Å². The van der Waals surface area contributed by atoms with Gasteiger partial charge in [0.05, 0.1) is 12.1 Å². The third-order valence-corrected chi connectivity index (χ3v) is 3.20. The normalized spacial score (nSPS) is 14.0. The van der Waals surface area contributed by atoms with Crippen molar-refractivity contribution in [3.05, 3.63) is 66.0 Å². The molecule has 1 heterocycles. The van der Waals surface area contributed by atoms with Gasteiger partial charge in [-0.3, -0.25) is 4.98 Å². The maximum Gasteiger partial charge on any atom is 0.0662 e. The van der Waals surface area contributed by atoms with Gasteiger partial charge in [0.2, 0.25) is 0 Å². The smallest absolute Gasteiger partial charge is 0.0662 e. The van der Waals surface area contributed by atoms with Gasteiger partial charge in [-0.25, -0.2) is 0 Å². The molecule has 1 aromatic carbocycles. The zero-order valence-corrected chi connectivity index (χ0v) is 11.2. The second kappa shape index (κ2) is 7.02. The third-order valence-electron chi connectivity index (χ3n) is 3.20. The number of benzene rings is 1. The highest BCUT2D eigenvalue weighted by Gasteiger charge is 2.14. The monoisotopic (exact) mass is 256 g/mol. The molecule has 1 aromatic heterocycles. The SMILES string of the molecule is CCC(O)CNC(c1ccccc1)c1ccncc1. The van der Waals surface area contributed by atoms with Gasteiger partial charge in [-0.15, -0.1) is 0 Å². The summed E-state index contributed by atoms with van der Waals surface area (Å²) in [6.45, 7) is 2.56. The second-order valence-electron chi connectivity index (χ2n) is 4.59. The average Bonchev–Trinajstić information content (AvgIpc) is 2.49. The Hall–Kier alpha value is -1.71. The van der Waals surface area contributed by atoms with Gasteiger partial charge in [0.1, 0.15) is 0 Å². The molecule has 0 spiro atoms. The number of nitrogens with zero attached hydrogens (tertiary/aromatic N) is 1. The van der Waals surface area contributed by atoms with E-state index >= 15 is 0 Å². The molecule has 0 radical (unpaired) electrons. The number of hydrogen-bond donors (Lipinski definition) is 2. The van der Waals surface area contributed by atoms with Crippen LogP contribution >= 0.6 is 0 Å². The Labute approximate surface area is 114 Å². The van der Waals surface area contributed by atoms with E-state index in [1.807, 2.05) is 37.3 Å². The van der Waals surface area contributed by atoms with Crippen molar-refractivity contribution in [3.8, 4) is 0 Å². The van der Waals surface area contributed by atoms with Crippen molar-refractivity contribution >= 4 is 0 Å². The number of pyridine rings is 1. The van der Waals surface area contributed by atoms with Crippen molar-refractivity contribution in [2.75, 3.05) is 6.54 Å². The van der Waals surface area contributed by atoms with Gasteiger partial charge in [-0.2, -0.15) is 0 Å². The molecule has 100 valence electrons. The van der Waals surface area contributed by atoms with E-state index in [-0.39, 0.29) is 12.1 Å². The lowest BCUT2D eigenvalue weighted by Crippen LogP contribution is -2.30. The minimum absolute atomic E-state index is 0.0883. The molecular weight excluding hydrogens is 236 g/mol. The van der Waals surface area contributed by atoms with Crippen LogP contribution in [0.1, 0.15) is 30.5 Å². The first-order valence-corrected chi connectivity index (χ1v) is 6.67. The summed E-state index contributed by atoms with van der Waals surface area (Å²) in [5.74, 6) is 0. The van der Waals surface area contributed by atoms with E-state index in [2.05, 4.69) is 22.4 Å². The maximum absolute atomic E-state index is 9.73. The lowest BCUT2D eigenvalue weighted by Gasteiger charge is -2.21. The lowest BCUT2D eigenvalue weighted by atomic mass is 9.99. The molecule has 0 fully saturated rings. The molecule has 2 atom stereocenters. The molecule has 0 aliphatic heterocycles. The number of rotatable bonds is 6. The molecule has 0 aliphatic carbocycles. The van der Waals surface area contributed by atoms with Crippen molar-refractivity contribution in [1.82, 2.24) is 10.3 Å². The Balaban J connectivity index is 2.19. The van der Waals surface area contributed by atoms with Gasteiger partial charge in [-0.1, -0.05) is 37.3 Å². The number of aliphatic hydroxyl groups is 1. The molecule has 2 rings (SSSR count). The number of hydrogen-bond acceptors (Lipinski definition) is 3. The number of aromatic nitrogens is 1. The summed E-state index contributed by atoms with van der Waals surface area (Å²) in [4.78, 5) is 4.06. The van der Waals surface area contributed by atoms with Crippen molar-refractivity contribution < 1.29 is 5.11 Å². The van der Waals surface area contributed by atoms with Gasteiger partial charge >= 0.3 is 0 Å². The molecule has 0 aliphatic rings. The molecule has 0 saturated carbocycles. The summed E-state index contributed by atoms with van der Waals surface area (Å²) in [6.07, 6.45) is 4.03. The topological polar surface area (TPSA) is 45.1 Å². The van der Waals surface area contributed by atoms with Gasteiger partial charge in [0.25, 0.3) is 0 Å². The molecule has 2 aromatic rings. The fourth-order valence-electron chi connectivity index (χ4n) is 2.03. The molecule has 0 amide bonds. The Morgan fingerprint density at radius 1 is 1.05 bits per heavy atom. The van der Waals surface area contributed by atoms with Gasteiger partial charge in [-0.05, 0) is 29.7 Å². The van der Waals surface area contributed by atoms with E-state index in [1.165, 1.54) is 5.56 Å². The van der Waals surface area contributed by atoms with Crippen LogP contribution < -0.4 is 5.32 Å². The van der Waals surface area contributed by atoms with E-state index in [0.29, 0.717) is 6.54 Å². The van der Waals surface area contributed by atoms with Crippen LogP contribution in [0.2, 0.25) is 0 Å². The maximum atomic E-state index is 9.73. The fraction of sp³-hybridized carbons (Fsp3) is 0.312. The average molecular weight is 256 g/mol. The van der Waals surface area contributed by atoms with Crippen LogP contribution in [0, 0.1) is 0 Å². The Kier molecular flexibility index (Phi) is 5.07. The van der Waals surface area contributed by atoms with Crippen LogP contribution in [-0.2, 0) is 0 Å². The summed E-state index contributed by atoms with van der Waals surface area (Å²) >= 11 is 0. The molecule has 3 nitrogen and oxygen atoms in total. The highest BCUT2D eigenvalue weighted by Crippen LogP contribution is 2.21. The minimum Gasteiger partial charge on any atom is -0.392 e. The van der Waals surface area contributed by atoms with Crippen molar-refractivity contribution in [3.63, 3.8) is 0 Å². The summed E-state index contributed by atoms with van der Waals surface area (Å²) in [7, 11) is 0. The largest absolute Gasteiger partial charge is 0.392 e. The first-order valence-electron chi connectivity index (χ1n) is 6.67. The van der Waals surface area contributed by atoms with Crippen molar-refractivity contribution in [2.45, 2.75) is 25.5 Å². The molecule has 2 N–H and O–H groups in total. The predicted octanol–water partition coefficient (Wildman–Crippen LogP) is 2.53. The van der Waals surface area contributed by atoms with Crippen LogP contribution in [0.4, 0.5) is 0 Å². The summed E-state index contributed by atoms with van der Waals surface area (Å²) in [5, 5.41) is 13.2. The van der Waals surface area contributed by atoms with E-state index in [4.69, 9.17) is 0 Å². The Bertz CT molecular complexity index is 433. The van der Waals surface area contributed by atoms with E-state index in [0.717, 1.165) is 12.0 Å². The Morgan fingerprint density at radius 2 is 1.68 bits per heavy atom. The predicted molar refractivity (Wildman–Crippen MR) is 76.8 cm³/mol. The van der Waals surface area contributed by atoms with Crippen LogP contribution in [0.3, 0.4) is 0 Å². The quantitative estimate of drug-likeness (QED) is 0.835. The third kappa shape index (κ3) is 3.88. The summed E-state index contributed by atoms with van der Waals surface area (Å²) in [6, 6.07) is 14.3. The molecular formula is C16H20N2O. The van der Waals surface area contributed by atoms with Crippen LogP contribution in [0.25, 0.3) is 0 Å². The van der Waals surface area contributed by atoms with Crippen LogP contribution in [0.15, 0.2) is 54.9 Å². The van der Waals surface area contributed by atoms with E-state index in [1.54, 1.807) is 12.4 Å². The highest BCUT2D eigenvalue weighted by molar-refractivity contribution is 5.30. The molecule has 3 heteroatoms. The fourth-order valence-corrected chi connectivity index (χ4v) is 2.03. The summed E-state index contributed by atoms with van der Waals surface area (Å²) in [5.41, 5.74) is 2.35. The van der Waals surface area contributed by atoms with E-state index < -0.39 is 0 Å². The van der Waals surface area contributed by atoms with E-state index in [9.17, 15) is 5.11 Å². The first kappa shape index (κ1) is 13.7. The van der Waals surface area contributed by atoms with Crippen molar-refractivity contribution in [1.29, 1.82) is 0 Å². The standard InChI is InChI=1S/C16H20N2O/c1-2-15(19)12-18-16(13-6-4-3-5-7-13)14-8-10-17-11-9-14/h3-11,15-16,18-19H,2,12H2,1H3. The van der Waals surface area contributed by atoms with Gasteiger partial charge < -0.3 is 10.4 Å². The van der Waals surface area contributed by atoms with Gasteiger partial charge in [0.15, 0.2) is 0 Å². The lowest BCUT2D eigenvalue weighted by molar-refractivity contribution is 0.165. The minimum atomic E-state index is -0.312. The molecule has 0 bridgehead atoms. The second-order valence-corrected chi connectivity index (χ2v) is 4.59. The number of nitrogens with one attached hydrogen (secondary N) is 1. The van der Waals surface area contributed by atoms with Crippen molar-refractivity contribution in [2.24, 2.45) is 0 Å². The molecule has 0 saturated heterocycles. The first-order chi connectivity index (χ1) is 9.31. The molecule has 19 heavy (non-hydrogen) atoms. The Morgan fingerprint density at radius 3 is 2.32 bits per heavy atom. The summed E-state index contributed by atoms with van der Waals surface area (Å²) < 4.78 is 0.